The Morgan fingerprint density at radius 1 is 0.783 bits per heavy atom. The molecule has 0 saturated heterocycles. The van der Waals surface area contributed by atoms with Crippen LogP contribution < -0.4 is 21.7 Å². The minimum atomic E-state index is -1.53. The van der Waals surface area contributed by atoms with Gasteiger partial charge in [-0.2, -0.15) is 0 Å². The van der Waals surface area contributed by atoms with E-state index in [4.69, 9.17) is 5.73 Å². The number of carboxylic acids is 1. The van der Waals surface area contributed by atoms with Crippen molar-refractivity contribution < 1.29 is 29.4 Å². The SMILES string of the molecule is CC(O)C(NC(=O)C(Cc1cnc[nH]1)NC(=O)C(N)Cc1c[nH]c2ccccc12)C(=O)NC(Cc1c[nH]c2ccccc12)C(=O)O. The van der Waals surface area contributed by atoms with Crippen molar-refractivity contribution in [3.05, 3.63) is 90.3 Å². The average molecular weight is 629 g/mol. The first-order valence-corrected chi connectivity index (χ1v) is 14.8. The molecule has 3 aromatic heterocycles. The molecule has 0 aliphatic carbocycles. The highest BCUT2D eigenvalue weighted by Gasteiger charge is 2.33. The van der Waals surface area contributed by atoms with E-state index in [9.17, 15) is 29.4 Å². The van der Waals surface area contributed by atoms with E-state index in [1.54, 1.807) is 12.4 Å². The first kappa shape index (κ1) is 31.9. The first-order chi connectivity index (χ1) is 22.1. The number of carboxylic acid groups (broad SMARTS) is 1. The quantitative estimate of drug-likeness (QED) is 0.0845. The van der Waals surface area contributed by atoms with Gasteiger partial charge >= 0.3 is 5.97 Å². The Hall–Kier alpha value is -5.47. The van der Waals surface area contributed by atoms with E-state index in [2.05, 4.69) is 35.9 Å². The highest BCUT2D eigenvalue weighted by Crippen LogP contribution is 2.20. The standard InChI is InChI=1S/C32H36N8O6/c1-17(41)28(31(44)39-27(32(45)46)11-19-14-36-25-9-5-3-7-22(19)25)40-30(43)26(12-20-15-34-16-37-20)38-29(42)23(33)10-18-13-35-24-8-4-2-6-21(18)24/h2-9,13-17,23,26-28,35-36,41H,10-12,33H2,1H3,(H,34,37)(H,38,42)(H,39,44)(H,40,43)(H,45,46). The molecule has 240 valence electrons. The van der Waals surface area contributed by atoms with Crippen LogP contribution in [0, 0.1) is 0 Å². The van der Waals surface area contributed by atoms with Crippen molar-refractivity contribution in [2.24, 2.45) is 5.73 Å². The predicted molar refractivity (Wildman–Crippen MR) is 169 cm³/mol. The van der Waals surface area contributed by atoms with Crippen LogP contribution in [0.4, 0.5) is 0 Å². The Labute approximate surface area is 263 Å². The van der Waals surface area contributed by atoms with Gasteiger partial charge in [-0.15, -0.1) is 0 Å². The molecule has 0 bridgehead atoms. The highest BCUT2D eigenvalue weighted by molar-refractivity contribution is 5.95. The molecule has 3 heterocycles. The van der Waals surface area contributed by atoms with Crippen molar-refractivity contribution in [2.75, 3.05) is 0 Å². The smallest absolute Gasteiger partial charge is 0.326 e. The summed E-state index contributed by atoms with van der Waals surface area (Å²) in [5.74, 6) is -3.58. The molecule has 5 rings (SSSR count). The van der Waals surface area contributed by atoms with Crippen LogP contribution in [-0.2, 0) is 38.4 Å². The molecule has 0 fully saturated rings. The molecule has 14 heteroatoms. The third-order valence-electron chi connectivity index (χ3n) is 7.84. The lowest BCUT2D eigenvalue weighted by atomic mass is 10.0. The summed E-state index contributed by atoms with van der Waals surface area (Å²) in [5, 5.41) is 29.7. The van der Waals surface area contributed by atoms with Crippen LogP contribution in [0.3, 0.4) is 0 Å². The fourth-order valence-electron chi connectivity index (χ4n) is 5.38. The molecule has 2 aromatic carbocycles. The van der Waals surface area contributed by atoms with E-state index < -0.39 is 54.0 Å². The van der Waals surface area contributed by atoms with Gasteiger partial charge in [-0.25, -0.2) is 9.78 Å². The second kappa shape index (κ2) is 14.1. The number of nitrogens with two attached hydrogens (primary N) is 1. The number of H-pyrrole nitrogens is 3. The lowest BCUT2D eigenvalue weighted by Gasteiger charge is -2.26. The van der Waals surface area contributed by atoms with Crippen LogP contribution in [0.15, 0.2) is 73.4 Å². The van der Waals surface area contributed by atoms with Gasteiger partial charge in [0.05, 0.1) is 18.5 Å². The van der Waals surface area contributed by atoms with E-state index >= 15 is 0 Å². The monoisotopic (exact) mass is 628 g/mol. The van der Waals surface area contributed by atoms with E-state index in [0.717, 1.165) is 27.4 Å². The summed E-state index contributed by atoms with van der Waals surface area (Å²) < 4.78 is 0. The lowest BCUT2D eigenvalue weighted by molar-refractivity contribution is -0.143. The second-order valence-corrected chi connectivity index (χ2v) is 11.2. The minimum Gasteiger partial charge on any atom is -0.480 e. The van der Waals surface area contributed by atoms with Crippen LogP contribution in [0.25, 0.3) is 21.8 Å². The second-order valence-electron chi connectivity index (χ2n) is 11.2. The molecule has 10 N–H and O–H groups in total. The van der Waals surface area contributed by atoms with Crippen LogP contribution in [0.1, 0.15) is 23.7 Å². The molecule has 0 radical (unpaired) electrons. The summed E-state index contributed by atoms with van der Waals surface area (Å²) in [4.78, 5) is 65.2. The number of aromatic nitrogens is 4. The maximum absolute atomic E-state index is 13.5. The van der Waals surface area contributed by atoms with Gasteiger partial charge in [-0.3, -0.25) is 14.4 Å². The number of nitrogens with one attached hydrogen (secondary N) is 6. The lowest BCUT2D eigenvalue weighted by Crippen LogP contribution is -2.60. The summed E-state index contributed by atoms with van der Waals surface area (Å²) in [6, 6.07) is 9.83. The molecular weight excluding hydrogens is 592 g/mol. The van der Waals surface area contributed by atoms with Gasteiger partial charge < -0.3 is 46.8 Å². The van der Waals surface area contributed by atoms with Crippen molar-refractivity contribution in [1.29, 1.82) is 0 Å². The van der Waals surface area contributed by atoms with Gasteiger partial charge in [0.1, 0.15) is 18.1 Å². The van der Waals surface area contributed by atoms with Gasteiger partial charge in [0.25, 0.3) is 0 Å². The van der Waals surface area contributed by atoms with Gasteiger partial charge in [0.15, 0.2) is 0 Å². The van der Waals surface area contributed by atoms with Gasteiger partial charge in [0, 0.05) is 58.9 Å². The minimum absolute atomic E-state index is 0.0240. The number of fused-ring (bicyclic) bond motifs is 2. The molecule has 46 heavy (non-hydrogen) atoms. The number of hydrogen-bond donors (Lipinski definition) is 9. The van der Waals surface area contributed by atoms with Crippen LogP contribution >= 0.6 is 0 Å². The molecule has 3 amide bonds. The summed E-state index contributed by atoms with van der Waals surface area (Å²) >= 11 is 0. The molecule has 5 unspecified atom stereocenters. The normalized spacial score (nSPS) is 14.7. The largest absolute Gasteiger partial charge is 0.480 e. The topological polar surface area (TPSA) is 231 Å². The average Bonchev–Trinajstić information content (AvgIpc) is 3.80. The maximum Gasteiger partial charge on any atom is 0.326 e. The molecule has 0 aliphatic rings. The number of carbonyl (C=O) groups excluding carboxylic acids is 3. The van der Waals surface area contributed by atoms with Crippen LogP contribution in [-0.4, -0.2) is 84.1 Å². The summed E-state index contributed by atoms with van der Waals surface area (Å²) in [7, 11) is 0. The summed E-state index contributed by atoms with van der Waals surface area (Å²) in [6.07, 6.45) is 5.08. The molecule has 0 spiro atoms. The van der Waals surface area contributed by atoms with Crippen molar-refractivity contribution in [3.63, 3.8) is 0 Å². The van der Waals surface area contributed by atoms with Gasteiger partial charge in [0.2, 0.25) is 17.7 Å². The molecule has 0 aliphatic heterocycles. The molecule has 5 atom stereocenters. The number of amides is 3. The number of nitrogens with zero attached hydrogens (tertiary/aromatic N) is 1. The first-order valence-electron chi connectivity index (χ1n) is 14.8. The van der Waals surface area contributed by atoms with Gasteiger partial charge in [-0.05, 0) is 36.6 Å². The maximum atomic E-state index is 13.5. The Bertz CT molecular complexity index is 1830. The fourth-order valence-corrected chi connectivity index (χ4v) is 5.38. The zero-order valence-corrected chi connectivity index (χ0v) is 25.0. The number of para-hydroxylation sites is 2. The Morgan fingerprint density at radius 3 is 1.93 bits per heavy atom. The number of imidazole rings is 1. The van der Waals surface area contributed by atoms with Crippen molar-refractivity contribution in [1.82, 2.24) is 35.9 Å². The number of carbonyl (C=O) groups is 4. The van der Waals surface area contributed by atoms with Crippen molar-refractivity contribution >= 4 is 45.5 Å². The number of hydrogen-bond acceptors (Lipinski definition) is 7. The number of aliphatic carboxylic acids is 1. The summed E-state index contributed by atoms with van der Waals surface area (Å²) in [5.41, 5.74) is 9.99. The Morgan fingerprint density at radius 2 is 1.37 bits per heavy atom. The van der Waals surface area contributed by atoms with Crippen LogP contribution in [0.2, 0.25) is 0 Å². The third kappa shape index (κ3) is 7.42. The number of aliphatic hydroxyl groups excluding tert-OH is 1. The third-order valence-corrected chi connectivity index (χ3v) is 7.84. The van der Waals surface area contributed by atoms with Crippen molar-refractivity contribution in [3.8, 4) is 0 Å². The number of aliphatic hydroxyl groups is 1. The Balaban J connectivity index is 1.27. The van der Waals surface area contributed by atoms with Gasteiger partial charge in [-0.1, -0.05) is 36.4 Å². The number of rotatable bonds is 14. The van der Waals surface area contributed by atoms with E-state index in [1.807, 2.05) is 48.5 Å². The summed E-state index contributed by atoms with van der Waals surface area (Å²) in [6.45, 7) is 1.29. The Kier molecular flexibility index (Phi) is 9.79. The predicted octanol–water partition coefficient (Wildman–Crippen LogP) is 0.647. The van der Waals surface area contributed by atoms with Crippen molar-refractivity contribution in [2.45, 2.75) is 56.5 Å². The molecule has 14 nitrogen and oxygen atoms in total. The highest BCUT2D eigenvalue weighted by atomic mass is 16.4. The van der Waals surface area contributed by atoms with E-state index in [1.165, 1.54) is 19.4 Å². The van der Waals surface area contributed by atoms with Crippen LogP contribution in [0.5, 0.6) is 0 Å². The molecular formula is C32H36N8O6. The van der Waals surface area contributed by atoms with E-state index in [0.29, 0.717) is 11.3 Å². The zero-order chi connectivity index (χ0) is 32.8. The molecule has 5 aromatic rings. The number of aromatic amines is 3. The number of benzene rings is 2. The zero-order valence-electron chi connectivity index (χ0n) is 25.0. The van der Waals surface area contributed by atoms with E-state index in [-0.39, 0.29) is 19.3 Å². The fraction of sp³-hybridized carbons (Fsp3) is 0.281. The molecule has 0 saturated carbocycles.